The van der Waals surface area contributed by atoms with E-state index in [9.17, 15) is 9.18 Å². The second kappa shape index (κ2) is 6.56. The molecule has 0 aliphatic carbocycles. The van der Waals surface area contributed by atoms with Crippen LogP contribution in [-0.2, 0) is 4.79 Å². The minimum Gasteiger partial charge on any atom is -0.329 e. The molecule has 1 aromatic heterocycles. The maximum atomic E-state index is 14.0. The molecule has 3 aromatic rings. The van der Waals surface area contributed by atoms with Crippen molar-refractivity contribution in [3.05, 3.63) is 102 Å². The molecule has 1 N–H and O–H groups in total. The molecule has 2 atom stereocenters. The largest absolute Gasteiger partial charge is 0.329 e. The molecule has 128 valence electrons. The normalized spacial score (nSPS) is 19.4. The molecule has 1 fully saturated rings. The van der Waals surface area contributed by atoms with E-state index >= 15 is 0 Å². The Morgan fingerprint density at radius 2 is 1.69 bits per heavy atom. The molecular formula is C22H17FN2O. The van der Waals surface area contributed by atoms with Gasteiger partial charge in [-0.25, -0.2) is 4.39 Å². The van der Waals surface area contributed by atoms with Crippen LogP contribution in [-0.4, -0.2) is 10.9 Å². The minimum absolute atomic E-state index is 0.0810. The summed E-state index contributed by atoms with van der Waals surface area (Å²) in [5.41, 5.74) is 3.81. The van der Waals surface area contributed by atoms with Crippen LogP contribution in [0.3, 0.4) is 0 Å². The van der Waals surface area contributed by atoms with Crippen LogP contribution < -0.4 is 5.32 Å². The van der Waals surface area contributed by atoms with Crippen molar-refractivity contribution >= 4 is 5.91 Å². The highest BCUT2D eigenvalue weighted by Crippen LogP contribution is 2.42. The molecule has 1 saturated heterocycles. The second-order valence-corrected chi connectivity index (χ2v) is 6.36. The van der Waals surface area contributed by atoms with Crippen LogP contribution in [0.1, 0.15) is 23.0 Å². The fraction of sp³-hybridized carbons (Fsp3) is 0.0909. The van der Waals surface area contributed by atoms with E-state index < -0.39 is 0 Å². The average Bonchev–Trinajstić information content (AvgIpc) is 2.97. The van der Waals surface area contributed by atoms with Gasteiger partial charge < -0.3 is 5.32 Å². The first-order valence-electron chi connectivity index (χ1n) is 8.39. The molecule has 1 amide bonds. The molecule has 26 heavy (non-hydrogen) atoms. The van der Waals surface area contributed by atoms with Crippen molar-refractivity contribution in [1.82, 2.24) is 10.3 Å². The number of carbonyl (C=O) groups excluding carboxylic acids is 1. The Balaban J connectivity index is 1.71. The van der Waals surface area contributed by atoms with Crippen LogP contribution in [0.25, 0.3) is 11.1 Å². The van der Waals surface area contributed by atoms with Crippen molar-refractivity contribution < 1.29 is 9.18 Å². The van der Waals surface area contributed by atoms with Crippen molar-refractivity contribution in [2.24, 2.45) is 0 Å². The van der Waals surface area contributed by atoms with E-state index in [1.165, 1.54) is 6.07 Å². The molecule has 4 rings (SSSR count). The zero-order chi connectivity index (χ0) is 18.1. The van der Waals surface area contributed by atoms with Gasteiger partial charge in [-0.05, 0) is 28.8 Å². The Hall–Kier alpha value is -3.27. The smallest absolute Gasteiger partial charge is 0.232 e. The van der Waals surface area contributed by atoms with E-state index in [1.54, 1.807) is 30.6 Å². The molecule has 0 saturated carbocycles. The number of rotatable bonds is 3. The number of carbonyl (C=O) groups is 1. The van der Waals surface area contributed by atoms with Gasteiger partial charge >= 0.3 is 0 Å². The van der Waals surface area contributed by atoms with Gasteiger partial charge in [0.1, 0.15) is 5.82 Å². The molecule has 2 heterocycles. The average molecular weight is 344 g/mol. The van der Waals surface area contributed by atoms with Crippen molar-refractivity contribution in [1.29, 1.82) is 0 Å². The topological polar surface area (TPSA) is 42.0 Å². The Bertz CT molecular complexity index is 967. The highest BCUT2D eigenvalue weighted by molar-refractivity contribution is 5.90. The summed E-state index contributed by atoms with van der Waals surface area (Å²) in [5, 5.41) is 2.85. The molecule has 4 heteroatoms. The summed E-state index contributed by atoms with van der Waals surface area (Å²) in [6.07, 6.45) is 3.46. The number of amides is 1. The lowest BCUT2D eigenvalue weighted by Crippen LogP contribution is -2.17. The third-order valence-corrected chi connectivity index (χ3v) is 4.77. The summed E-state index contributed by atoms with van der Waals surface area (Å²) in [5.74, 6) is -0.889. The molecule has 0 radical (unpaired) electrons. The number of nitrogens with one attached hydrogen (secondary N) is 1. The van der Waals surface area contributed by atoms with Gasteiger partial charge in [0.2, 0.25) is 5.91 Å². The van der Waals surface area contributed by atoms with Crippen molar-refractivity contribution in [3.8, 4) is 11.1 Å². The zero-order valence-electron chi connectivity index (χ0n) is 14.0. The Labute approximate surface area is 151 Å². The van der Waals surface area contributed by atoms with Crippen molar-refractivity contribution in [2.45, 2.75) is 11.8 Å². The molecule has 3 nitrogen and oxygen atoms in total. The Morgan fingerprint density at radius 3 is 2.38 bits per heavy atom. The number of allylic oxidation sites excluding steroid dienone is 1. The molecule has 0 spiro atoms. The first kappa shape index (κ1) is 16.2. The van der Waals surface area contributed by atoms with Gasteiger partial charge in [-0.1, -0.05) is 55.1 Å². The van der Waals surface area contributed by atoms with E-state index in [0.717, 1.165) is 16.7 Å². The minimum atomic E-state index is -0.374. The third-order valence-electron chi connectivity index (χ3n) is 4.77. The standard InChI is InChI=1S/C22H17FN2O/c1-14-20(17-5-4-12-24-13-17)21(22(26)25-14)16-10-8-15(9-11-16)18-6-2-3-7-19(18)23/h2-13,20-21H,1H2,(H,25,26). The zero-order valence-corrected chi connectivity index (χ0v) is 14.0. The van der Waals surface area contributed by atoms with Gasteiger partial charge in [0.05, 0.1) is 5.92 Å². The monoisotopic (exact) mass is 344 g/mol. The lowest BCUT2D eigenvalue weighted by molar-refractivity contribution is -0.120. The number of aromatic nitrogens is 1. The predicted octanol–water partition coefficient (Wildman–Crippen LogP) is 4.40. The van der Waals surface area contributed by atoms with Gasteiger partial charge in [-0.2, -0.15) is 0 Å². The van der Waals surface area contributed by atoms with E-state index in [1.807, 2.05) is 36.4 Å². The Kier molecular flexibility index (Phi) is 4.09. The third kappa shape index (κ3) is 2.80. The van der Waals surface area contributed by atoms with Gasteiger partial charge in [-0.3, -0.25) is 9.78 Å². The SMILES string of the molecule is C=C1NC(=O)C(c2ccc(-c3ccccc3F)cc2)C1c1cccnc1. The van der Waals surface area contributed by atoms with Crippen molar-refractivity contribution in [3.63, 3.8) is 0 Å². The predicted molar refractivity (Wildman–Crippen MR) is 98.8 cm³/mol. The number of halogens is 1. The quantitative estimate of drug-likeness (QED) is 0.765. The summed E-state index contributed by atoms with van der Waals surface area (Å²) >= 11 is 0. The lowest BCUT2D eigenvalue weighted by Gasteiger charge is -2.18. The van der Waals surface area contributed by atoms with Gasteiger partial charge in [-0.15, -0.1) is 0 Å². The lowest BCUT2D eigenvalue weighted by atomic mass is 9.82. The maximum absolute atomic E-state index is 14.0. The summed E-state index contributed by atoms with van der Waals surface area (Å²) in [6, 6.07) is 17.9. The first-order chi connectivity index (χ1) is 12.6. The van der Waals surface area contributed by atoms with E-state index in [2.05, 4.69) is 16.9 Å². The number of benzene rings is 2. The van der Waals surface area contributed by atoms with E-state index in [4.69, 9.17) is 0 Å². The van der Waals surface area contributed by atoms with Crippen LogP contribution in [0.2, 0.25) is 0 Å². The van der Waals surface area contributed by atoms with Crippen LogP contribution >= 0.6 is 0 Å². The molecule has 2 unspecified atom stereocenters. The van der Waals surface area contributed by atoms with E-state index in [0.29, 0.717) is 11.3 Å². The highest BCUT2D eigenvalue weighted by atomic mass is 19.1. The number of pyridine rings is 1. The van der Waals surface area contributed by atoms with Crippen LogP contribution in [0.5, 0.6) is 0 Å². The number of hydrogen-bond acceptors (Lipinski definition) is 2. The Morgan fingerprint density at radius 1 is 0.923 bits per heavy atom. The van der Waals surface area contributed by atoms with Crippen LogP contribution in [0.15, 0.2) is 85.3 Å². The van der Waals surface area contributed by atoms with Crippen LogP contribution in [0.4, 0.5) is 4.39 Å². The number of hydrogen-bond donors (Lipinski definition) is 1. The molecular weight excluding hydrogens is 327 g/mol. The fourth-order valence-corrected chi connectivity index (χ4v) is 3.53. The second-order valence-electron chi connectivity index (χ2n) is 6.36. The molecule has 1 aliphatic rings. The van der Waals surface area contributed by atoms with Gasteiger partial charge in [0, 0.05) is 29.6 Å². The maximum Gasteiger partial charge on any atom is 0.232 e. The van der Waals surface area contributed by atoms with Crippen molar-refractivity contribution in [2.75, 3.05) is 0 Å². The number of nitrogens with zero attached hydrogens (tertiary/aromatic N) is 1. The molecule has 0 bridgehead atoms. The fourth-order valence-electron chi connectivity index (χ4n) is 3.53. The summed E-state index contributed by atoms with van der Waals surface area (Å²) in [6.45, 7) is 4.01. The van der Waals surface area contributed by atoms with Crippen LogP contribution in [0, 0.1) is 5.82 Å². The first-order valence-corrected chi connectivity index (χ1v) is 8.39. The van der Waals surface area contributed by atoms with Gasteiger partial charge in [0.15, 0.2) is 0 Å². The van der Waals surface area contributed by atoms with E-state index in [-0.39, 0.29) is 23.6 Å². The molecule has 1 aliphatic heterocycles. The molecule has 2 aromatic carbocycles. The summed E-state index contributed by atoms with van der Waals surface area (Å²) < 4.78 is 14.0. The summed E-state index contributed by atoms with van der Waals surface area (Å²) in [4.78, 5) is 16.7. The highest BCUT2D eigenvalue weighted by Gasteiger charge is 2.39. The summed E-state index contributed by atoms with van der Waals surface area (Å²) in [7, 11) is 0. The van der Waals surface area contributed by atoms with Gasteiger partial charge in [0.25, 0.3) is 0 Å².